The molecule has 3 aromatic rings. The van der Waals surface area contributed by atoms with Gasteiger partial charge in [-0.05, 0) is 42.0 Å². The molecule has 1 heterocycles. The van der Waals surface area contributed by atoms with Crippen LogP contribution < -0.4 is 0 Å². The molecule has 0 aliphatic rings. The highest BCUT2D eigenvalue weighted by Crippen LogP contribution is 2.26. The predicted molar refractivity (Wildman–Crippen MR) is 80.7 cm³/mol. The number of hydrogen-bond acceptors (Lipinski definition) is 4. The first-order valence-electron chi connectivity index (χ1n) is 6.17. The molecule has 0 N–H and O–H groups in total. The van der Waals surface area contributed by atoms with E-state index in [9.17, 15) is 4.39 Å². The Bertz CT molecular complexity index is 745. The lowest BCUT2D eigenvalue weighted by molar-refractivity contribution is 0.466. The zero-order valence-corrected chi connectivity index (χ0v) is 12.4. The molecule has 0 saturated carbocycles. The summed E-state index contributed by atoms with van der Waals surface area (Å²) in [4.78, 5) is 0. The van der Waals surface area contributed by atoms with Crippen LogP contribution in [0.4, 0.5) is 4.39 Å². The van der Waals surface area contributed by atoms with Crippen LogP contribution in [0, 0.1) is 5.82 Å². The molecule has 6 heteroatoms. The fraction of sp³-hybridized carbons (Fsp3) is 0.0667. The lowest BCUT2D eigenvalue weighted by atomic mass is 10.2. The van der Waals surface area contributed by atoms with E-state index < -0.39 is 0 Å². The summed E-state index contributed by atoms with van der Waals surface area (Å²) in [5, 5.41) is 9.06. The molecule has 0 unspecified atom stereocenters. The van der Waals surface area contributed by atoms with Crippen LogP contribution in [0.5, 0.6) is 0 Å². The van der Waals surface area contributed by atoms with Crippen molar-refractivity contribution in [2.75, 3.05) is 0 Å². The average Bonchev–Trinajstić information content (AvgIpc) is 2.95. The monoisotopic (exact) mass is 320 g/mol. The van der Waals surface area contributed by atoms with Crippen molar-refractivity contribution in [1.29, 1.82) is 0 Å². The van der Waals surface area contributed by atoms with Crippen molar-refractivity contribution in [2.45, 2.75) is 11.0 Å². The summed E-state index contributed by atoms with van der Waals surface area (Å²) in [6, 6.07) is 13.6. The third-order valence-electron chi connectivity index (χ3n) is 2.75. The number of rotatable bonds is 4. The van der Waals surface area contributed by atoms with Gasteiger partial charge in [-0.3, -0.25) is 0 Å². The highest BCUT2D eigenvalue weighted by Gasteiger charge is 2.09. The van der Waals surface area contributed by atoms with Crippen molar-refractivity contribution in [3.8, 4) is 11.5 Å². The van der Waals surface area contributed by atoms with E-state index in [1.165, 1.54) is 23.9 Å². The van der Waals surface area contributed by atoms with Gasteiger partial charge in [0.2, 0.25) is 5.89 Å². The van der Waals surface area contributed by atoms with Crippen molar-refractivity contribution in [3.63, 3.8) is 0 Å². The predicted octanol–water partition coefficient (Wildman–Crippen LogP) is 4.82. The molecule has 106 valence electrons. The number of hydrogen-bond donors (Lipinski definition) is 0. The third-order valence-corrected chi connectivity index (χ3v) is 3.89. The summed E-state index contributed by atoms with van der Waals surface area (Å²) in [6.07, 6.45) is 0. The molecule has 3 rings (SSSR count). The minimum atomic E-state index is -0.250. The maximum atomic E-state index is 13.1. The molecule has 2 aromatic carbocycles. The van der Waals surface area contributed by atoms with Gasteiger partial charge in [-0.15, -0.1) is 10.2 Å². The van der Waals surface area contributed by atoms with Gasteiger partial charge < -0.3 is 4.42 Å². The Kier molecular flexibility index (Phi) is 4.22. The summed E-state index contributed by atoms with van der Waals surface area (Å²) < 4.78 is 18.6. The van der Waals surface area contributed by atoms with E-state index in [1.54, 1.807) is 18.2 Å². The van der Waals surface area contributed by atoms with Gasteiger partial charge in [0.25, 0.3) is 5.22 Å². The Morgan fingerprint density at radius 2 is 1.90 bits per heavy atom. The van der Waals surface area contributed by atoms with Crippen LogP contribution >= 0.6 is 23.4 Å². The van der Waals surface area contributed by atoms with E-state index in [1.807, 2.05) is 18.2 Å². The second-order valence-electron chi connectivity index (χ2n) is 4.30. The number of aromatic nitrogens is 2. The fourth-order valence-electron chi connectivity index (χ4n) is 1.75. The number of nitrogens with zero attached hydrogens (tertiary/aromatic N) is 2. The van der Waals surface area contributed by atoms with Crippen LogP contribution in [0.25, 0.3) is 11.5 Å². The van der Waals surface area contributed by atoms with Gasteiger partial charge in [0, 0.05) is 16.3 Å². The minimum absolute atomic E-state index is 0.250. The highest BCUT2D eigenvalue weighted by molar-refractivity contribution is 7.98. The van der Waals surface area contributed by atoms with E-state index in [0.29, 0.717) is 21.9 Å². The van der Waals surface area contributed by atoms with Gasteiger partial charge in [-0.1, -0.05) is 35.5 Å². The van der Waals surface area contributed by atoms with Gasteiger partial charge in [-0.25, -0.2) is 4.39 Å². The summed E-state index contributed by atoms with van der Waals surface area (Å²) in [5.74, 6) is 0.758. The largest absolute Gasteiger partial charge is 0.411 e. The molecule has 3 nitrogen and oxygen atoms in total. The molecule has 0 aliphatic heterocycles. The second kappa shape index (κ2) is 6.28. The third kappa shape index (κ3) is 3.62. The van der Waals surface area contributed by atoms with Crippen molar-refractivity contribution in [1.82, 2.24) is 10.2 Å². The molecular weight excluding hydrogens is 311 g/mol. The van der Waals surface area contributed by atoms with Gasteiger partial charge in [0.05, 0.1) is 0 Å². The average molecular weight is 321 g/mol. The SMILES string of the molecule is Fc1cccc(CSc2nnc(-c3ccc(Cl)cc3)o2)c1. The molecule has 0 fully saturated rings. The summed E-state index contributed by atoms with van der Waals surface area (Å²) in [6.45, 7) is 0. The maximum absolute atomic E-state index is 13.1. The van der Waals surface area contributed by atoms with Gasteiger partial charge in [0.15, 0.2) is 0 Å². The van der Waals surface area contributed by atoms with Crippen molar-refractivity contribution < 1.29 is 8.81 Å². The van der Waals surface area contributed by atoms with E-state index >= 15 is 0 Å². The Morgan fingerprint density at radius 3 is 2.67 bits per heavy atom. The summed E-state index contributed by atoms with van der Waals surface area (Å²) in [5.41, 5.74) is 1.68. The first-order chi connectivity index (χ1) is 10.2. The van der Waals surface area contributed by atoms with Crippen molar-refractivity contribution in [3.05, 3.63) is 64.9 Å². The maximum Gasteiger partial charge on any atom is 0.277 e. The summed E-state index contributed by atoms with van der Waals surface area (Å²) in [7, 11) is 0. The quantitative estimate of drug-likeness (QED) is 0.646. The van der Waals surface area contributed by atoms with E-state index in [2.05, 4.69) is 10.2 Å². The van der Waals surface area contributed by atoms with E-state index in [-0.39, 0.29) is 5.82 Å². The van der Waals surface area contributed by atoms with Crippen LogP contribution in [-0.2, 0) is 5.75 Å². The first-order valence-corrected chi connectivity index (χ1v) is 7.54. The Morgan fingerprint density at radius 1 is 1.10 bits per heavy atom. The van der Waals surface area contributed by atoms with Crippen LogP contribution in [0.15, 0.2) is 58.2 Å². The highest BCUT2D eigenvalue weighted by atomic mass is 35.5. The lowest BCUT2D eigenvalue weighted by Gasteiger charge is -1.98. The molecule has 0 aliphatic carbocycles. The van der Waals surface area contributed by atoms with E-state index in [4.69, 9.17) is 16.0 Å². The molecule has 0 spiro atoms. The molecule has 0 amide bonds. The number of halogens is 2. The van der Waals surface area contributed by atoms with Crippen LogP contribution in [-0.4, -0.2) is 10.2 Å². The van der Waals surface area contributed by atoms with Crippen LogP contribution in [0.2, 0.25) is 5.02 Å². The lowest BCUT2D eigenvalue weighted by Crippen LogP contribution is -1.82. The molecular formula is C15H10ClFN2OS. The normalized spacial score (nSPS) is 10.8. The Balaban J connectivity index is 1.69. The van der Waals surface area contributed by atoms with Crippen LogP contribution in [0.1, 0.15) is 5.56 Å². The standard InChI is InChI=1S/C15H10ClFN2OS/c16-12-6-4-11(5-7-12)14-18-19-15(20-14)21-9-10-2-1-3-13(17)8-10/h1-8H,9H2. The minimum Gasteiger partial charge on any atom is -0.411 e. The number of benzene rings is 2. The van der Waals surface area contributed by atoms with Crippen LogP contribution in [0.3, 0.4) is 0 Å². The van der Waals surface area contributed by atoms with E-state index in [0.717, 1.165) is 11.1 Å². The zero-order valence-electron chi connectivity index (χ0n) is 10.8. The first kappa shape index (κ1) is 14.1. The molecule has 0 atom stereocenters. The van der Waals surface area contributed by atoms with Gasteiger partial charge in [0.1, 0.15) is 5.82 Å². The van der Waals surface area contributed by atoms with Gasteiger partial charge in [-0.2, -0.15) is 0 Å². The summed E-state index contributed by atoms with van der Waals surface area (Å²) >= 11 is 7.20. The van der Waals surface area contributed by atoms with Crippen molar-refractivity contribution >= 4 is 23.4 Å². The Labute approximate surface area is 130 Å². The van der Waals surface area contributed by atoms with Crippen molar-refractivity contribution in [2.24, 2.45) is 0 Å². The molecule has 0 saturated heterocycles. The zero-order chi connectivity index (χ0) is 14.7. The fourth-order valence-corrected chi connectivity index (χ4v) is 2.58. The Hall–Kier alpha value is -1.85. The molecule has 21 heavy (non-hydrogen) atoms. The van der Waals surface area contributed by atoms with Gasteiger partial charge >= 0.3 is 0 Å². The smallest absolute Gasteiger partial charge is 0.277 e. The number of thioether (sulfide) groups is 1. The molecule has 0 radical (unpaired) electrons. The molecule has 0 bridgehead atoms. The second-order valence-corrected chi connectivity index (χ2v) is 5.66. The topological polar surface area (TPSA) is 38.9 Å². The molecule has 1 aromatic heterocycles.